The van der Waals surface area contributed by atoms with Crippen molar-refractivity contribution < 1.29 is 23.8 Å². The maximum absolute atomic E-state index is 11.0. The Morgan fingerprint density at radius 1 is 1.00 bits per heavy atom. The van der Waals surface area contributed by atoms with Crippen molar-refractivity contribution in [1.29, 1.82) is 0 Å². The zero-order valence-electron chi connectivity index (χ0n) is 13.6. The summed E-state index contributed by atoms with van der Waals surface area (Å²) in [6, 6.07) is 13.5. The van der Waals surface area contributed by atoms with Gasteiger partial charge in [0.05, 0.1) is 12.7 Å². The van der Waals surface area contributed by atoms with Gasteiger partial charge < -0.3 is 14.2 Å². The SMILES string of the molecule is COc1c2cc-2cc1C(OC(C)=O)OC(C)=O.Sc1ccccc1. The molecule has 1 aromatic carbocycles. The van der Waals surface area contributed by atoms with Gasteiger partial charge in [0.2, 0.25) is 0 Å². The van der Waals surface area contributed by atoms with Crippen LogP contribution in [0, 0.1) is 0 Å². The van der Waals surface area contributed by atoms with Crippen molar-refractivity contribution in [3.8, 4) is 16.9 Å². The lowest BCUT2D eigenvalue weighted by atomic mass is 10.3. The lowest BCUT2D eigenvalue weighted by molar-refractivity contribution is -0.186. The Labute approximate surface area is 145 Å². The van der Waals surface area contributed by atoms with Crippen molar-refractivity contribution in [2.45, 2.75) is 25.0 Å². The Hall–Kier alpha value is -2.47. The number of esters is 2. The molecule has 0 N–H and O–H groups in total. The van der Waals surface area contributed by atoms with Gasteiger partial charge >= 0.3 is 11.9 Å². The molecule has 24 heavy (non-hydrogen) atoms. The fraction of sp³-hybridized carbons (Fsp3) is 0.222. The maximum atomic E-state index is 11.0. The number of hydrogen-bond acceptors (Lipinski definition) is 6. The third-order valence-electron chi connectivity index (χ3n) is 3.11. The molecule has 0 heterocycles. The first-order chi connectivity index (χ1) is 11.4. The molecule has 0 aliphatic heterocycles. The number of hydrogen-bond donors (Lipinski definition) is 1. The molecule has 0 saturated carbocycles. The molecule has 0 unspecified atom stereocenters. The van der Waals surface area contributed by atoms with E-state index < -0.39 is 18.2 Å². The largest absolute Gasteiger partial charge is 0.496 e. The number of fused-ring (bicyclic) bond motifs is 1. The summed E-state index contributed by atoms with van der Waals surface area (Å²) in [5, 5.41) is 0. The molecular weight excluding hydrogens is 328 g/mol. The second-order valence-corrected chi connectivity index (χ2v) is 5.55. The first-order valence-corrected chi connectivity index (χ1v) is 7.68. The number of carbonyl (C=O) groups excluding carboxylic acids is 2. The van der Waals surface area contributed by atoms with E-state index in [0.29, 0.717) is 11.3 Å². The zero-order valence-corrected chi connectivity index (χ0v) is 14.5. The summed E-state index contributed by atoms with van der Waals surface area (Å²) in [6.07, 6.45) is -1.04. The normalized spacial score (nSPS) is 10.4. The third-order valence-corrected chi connectivity index (χ3v) is 3.40. The average molecular weight is 346 g/mol. The lowest BCUT2D eigenvalue weighted by Crippen LogP contribution is -2.15. The van der Waals surface area contributed by atoms with E-state index in [4.69, 9.17) is 14.2 Å². The van der Waals surface area contributed by atoms with Gasteiger partial charge in [0.25, 0.3) is 6.29 Å². The third kappa shape index (κ3) is 4.76. The van der Waals surface area contributed by atoms with Crippen molar-refractivity contribution in [1.82, 2.24) is 0 Å². The van der Waals surface area contributed by atoms with Gasteiger partial charge in [-0.25, -0.2) is 0 Å². The predicted molar refractivity (Wildman–Crippen MR) is 92.0 cm³/mol. The fourth-order valence-corrected chi connectivity index (χ4v) is 2.28. The number of rotatable bonds is 4. The highest BCUT2D eigenvalue weighted by Crippen LogP contribution is 2.49. The fourth-order valence-electron chi connectivity index (χ4n) is 2.11. The number of carbonyl (C=O) groups is 2. The summed E-state index contributed by atoms with van der Waals surface area (Å²) >= 11 is 4.08. The highest BCUT2D eigenvalue weighted by Gasteiger charge is 2.31. The van der Waals surface area contributed by atoms with Crippen LogP contribution in [-0.4, -0.2) is 19.0 Å². The second kappa shape index (κ2) is 7.88. The van der Waals surface area contributed by atoms with Gasteiger partial charge in [0.1, 0.15) is 5.75 Å². The number of thiol groups is 1. The monoisotopic (exact) mass is 346 g/mol. The molecule has 2 aliphatic carbocycles. The van der Waals surface area contributed by atoms with Crippen molar-refractivity contribution >= 4 is 24.6 Å². The highest BCUT2D eigenvalue weighted by molar-refractivity contribution is 7.80. The number of ether oxygens (including phenoxy) is 3. The minimum Gasteiger partial charge on any atom is -0.496 e. The topological polar surface area (TPSA) is 61.8 Å². The van der Waals surface area contributed by atoms with Gasteiger partial charge in [-0.15, -0.1) is 12.6 Å². The van der Waals surface area contributed by atoms with Crippen LogP contribution in [0.15, 0.2) is 47.4 Å². The van der Waals surface area contributed by atoms with E-state index >= 15 is 0 Å². The van der Waals surface area contributed by atoms with E-state index in [1.54, 1.807) is 6.07 Å². The minimum atomic E-state index is -1.04. The van der Waals surface area contributed by atoms with Gasteiger partial charge in [-0.1, -0.05) is 18.2 Å². The summed E-state index contributed by atoms with van der Waals surface area (Å²) in [6.45, 7) is 2.51. The standard InChI is InChI=1S/C12H12O5.C6H6S/c1-6(13)16-12(17-7(2)14)10-5-8-4-9(8)11(10)15-3;7-6-4-2-1-3-5-6/h4-5,12H,1-3H3;1-5,7H. The quantitative estimate of drug-likeness (QED) is 0.443. The van der Waals surface area contributed by atoms with Gasteiger partial charge in [-0.2, -0.15) is 0 Å². The van der Waals surface area contributed by atoms with Crippen LogP contribution in [0.25, 0.3) is 11.1 Å². The van der Waals surface area contributed by atoms with E-state index in [9.17, 15) is 9.59 Å². The van der Waals surface area contributed by atoms with Crippen molar-refractivity contribution in [2.24, 2.45) is 0 Å². The van der Waals surface area contributed by atoms with Crippen LogP contribution in [0.2, 0.25) is 0 Å². The predicted octanol–water partition coefficient (Wildman–Crippen LogP) is 3.78. The van der Waals surface area contributed by atoms with E-state index in [2.05, 4.69) is 12.6 Å². The van der Waals surface area contributed by atoms with E-state index in [0.717, 1.165) is 16.0 Å². The van der Waals surface area contributed by atoms with Crippen LogP contribution in [0.5, 0.6) is 5.75 Å². The molecule has 0 atom stereocenters. The zero-order chi connectivity index (χ0) is 17.7. The molecule has 0 bridgehead atoms. The van der Waals surface area contributed by atoms with E-state index in [1.165, 1.54) is 21.0 Å². The lowest BCUT2D eigenvalue weighted by Gasteiger charge is -2.17. The molecule has 6 heteroatoms. The minimum absolute atomic E-state index is 0.521. The first-order valence-electron chi connectivity index (χ1n) is 7.23. The maximum Gasteiger partial charge on any atom is 0.305 e. The van der Waals surface area contributed by atoms with E-state index in [-0.39, 0.29) is 0 Å². The Bertz CT molecular complexity index is 727. The molecule has 0 amide bonds. The first kappa shape index (κ1) is 17.9. The second-order valence-electron chi connectivity index (χ2n) is 5.03. The van der Waals surface area contributed by atoms with Crippen molar-refractivity contribution in [3.05, 3.63) is 48.0 Å². The molecular formula is C18H18O5S. The van der Waals surface area contributed by atoms with Crippen LogP contribution in [0.3, 0.4) is 0 Å². The summed E-state index contributed by atoms with van der Waals surface area (Å²) in [5.74, 6) is -0.452. The Kier molecular flexibility index (Phi) is 5.87. The van der Waals surface area contributed by atoms with Crippen molar-refractivity contribution in [2.75, 3.05) is 7.11 Å². The molecule has 1 aromatic rings. The van der Waals surface area contributed by atoms with Crippen LogP contribution >= 0.6 is 12.6 Å². The summed E-state index contributed by atoms with van der Waals surface area (Å²) in [7, 11) is 1.52. The van der Waals surface area contributed by atoms with Crippen molar-refractivity contribution in [3.63, 3.8) is 0 Å². The smallest absolute Gasteiger partial charge is 0.305 e. The molecule has 126 valence electrons. The van der Waals surface area contributed by atoms with Crippen LogP contribution in [-0.2, 0) is 19.1 Å². The van der Waals surface area contributed by atoms with Gasteiger partial charge in [0.15, 0.2) is 0 Å². The molecule has 5 nitrogen and oxygen atoms in total. The van der Waals surface area contributed by atoms with Gasteiger partial charge in [0, 0.05) is 24.3 Å². The summed E-state index contributed by atoms with van der Waals surface area (Å²) in [5.41, 5.74) is 2.54. The molecule has 0 radical (unpaired) electrons. The van der Waals surface area contributed by atoms with Crippen LogP contribution in [0.1, 0.15) is 25.7 Å². The molecule has 0 spiro atoms. The van der Waals surface area contributed by atoms with E-state index in [1.807, 2.05) is 36.4 Å². The van der Waals surface area contributed by atoms with Gasteiger partial charge in [-0.05, 0) is 29.8 Å². The number of benzene rings is 2. The molecule has 0 saturated heterocycles. The molecule has 2 aliphatic rings. The van der Waals surface area contributed by atoms with Crippen LogP contribution < -0.4 is 4.74 Å². The molecule has 3 rings (SSSR count). The Morgan fingerprint density at radius 2 is 1.58 bits per heavy atom. The van der Waals surface area contributed by atoms with Gasteiger partial charge in [-0.3, -0.25) is 9.59 Å². The average Bonchev–Trinajstić information content (AvgIpc) is 3.18. The molecule has 0 aromatic heterocycles. The summed E-state index contributed by atoms with van der Waals surface area (Å²) in [4.78, 5) is 23.0. The highest BCUT2D eigenvalue weighted by atomic mass is 32.1. The Balaban J connectivity index is 0.000000249. The molecule has 0 fully saturated rings. The summed E-state index contributed by atoms with van der Waals surface area (Å²) < 4.78 is 15.1. The van der Waals surface area contributed by atoms with Crippen LogP contribution in [0.4, 0.5) is 0 Å². The Morgan fingerprint density at radius 3 is 2.00 bits per heavy atom. The number of methoxy groups -OCH3 is 1.